The standard InChI is InChI=1S/C10H14N2/c1-8(2)12-7-5-9-10(12)4-6-11(9)3/h4-8H,1-3H3. The lowest BCUT2D eigenvalue weighted by Gasteiger charge is -2.06. The molecule has 0 aromatic carbocycles. The van der Waals surface area contributed by atoms with Crippen molar-refractivity contribution < 1.29 is 0 Å². The number of hydrogen-bond donors (Lipinski definition) is 0. The highest BCUT2D eigenvalue weighted by molar-refractivity contribution is 5.77. The summed E-state index contributed by atoms with van der Waals surface area (Å²) in [5.74, 6) is 0. The van der Waals surface area contributed by atoms with Crippen LogP contribution in [0.5, 0.6) is 0 Å². The molecule has 0 saturated carbocycles. The third kappa shape index (κ3) is 0.876. The van der Waals surface area contributed by atoms with Crippen molar-refractivity contribution in [1.29, 1.82) is 0 Å². The van der Waals surface area contributed by atoms with Gasteiger partial charge in [0, 0.05) is 25.5 Å². The number of nitrogens with zero attached hydrogens (tertiary/aromatic N) is 2. The van der Waals surface area contributed by atoms with E-state index in [9.17, 15) is 0 Å². The van der Waals surface area contributed by atoms with Crippen LogP contribution in [-0.2, 0) is 7.05 Å². The molecule has 0 amide bonds. The molecule has 64 valence electrons. The second-order valence-electron chi connectivity index (χ2n) is 3.51. The summed E-state index contributed by atoms with van der Waals surface area (Å²) in [6, 6.07) is 4.87. The molecule has 2 aromatic heterocycles. The Morgan fingerprint density at radius 1 is 1.08 bits per heavy atom. The van der Waals surface area contributed by atoms with Crippen LogP contribution in [0, 0.1) is 0 Å². The summed E-state index contributed by atoms with van der Waals surface area (Å²) < 4.78 is 4.43. The summed E-state index contributed by atoms with van der Waals surface area (Å²) in [5.41, 5.74) is 2.64. The SMILES string of the molecule is CC(C)n1ccc2c1ccn2C. The molecule has 2 nitrogen and oxygen atoms in total. The Hall–Kier alpha value is -1.18. The fourth-order valence-electron chi connectivity index (χ4n) is 1.63. The Morgan fingerprint density at radius 3 is 2.42 bits per heavy atom. The topological polar surface area (TPSA) is 9.86 Å². The molecule has 12 heavy (non-hydrogen) atoms. The van der Waals surface area contributed by atoms with Crippen molar-refractivity contribution in [2.75, 3.05) is 0 Å². The first kappa shape index (κ1) is 7.47. The van der Waals surface area contributed by atoms with Crippen LogP contribution in [0.3, 0.4) is 0 Å². The zero-order valence-electron chi connectivity index (χ0n) is 7.78. The molecule has 2 heterocycles. The molecule has 2 aromatic rings. The fourth-order valence-corrected chi connectivity index (χ4v) is 1.63. The van der Waals surface area contributed by atoms with Crippen LogP contribution in [0.25, 0.3) is 11.0 Å². The van der Waals surface area contributed by atoms with Crippen molar-refractivity contribution in [1.82, 2.24) is 9.13 Å². The molecular weight excluding hydrogens is 148 g/mol. The summed E-state index contributed by atoms with van der Waals surface area (Å²) in [5, 5.41) is 0. The van der Waals surface area contributed by atoms with Crippen LogP contribution in [0.1, 0.15) is 19.9 Å². The third-order valence-electron chi connectivity index (χ3n) is 2.33. The number of fused-ring (bicyclic) bond motifs is 1. The highest BCUT2D eigenvalue weighted by Crippen LogP contribution is 2.19. The van der Waals surface area contributed by atoms with Gasteiger partial charge in [0.2, 0.25) is 0 Å². The first-order chi connectivity index (χ1) is 5.70. The van der Waals surface area contributed by atoms with Gasteiger partial charge in [0.15, 0.2) is 0 Å². The maximum Gasteiger partial charge on any atom is 0.0664 e. The molecule has 0 spiro atoms. The molecule has 0 saturated heterocycles. The van der Waals surface area contributed by atoms with Gasteiger partial charge in [0.1, 0.15) is 0 Å². The molecular formula is C10H14N2. The molecule has 0 fully saturated rings. The minimum atomic E-state index is 0.546. The second-order valence-corrected chi connectivity index (χ2v) is 3.51. The van der Waals surface area contributed by atoms with E-state index in [1.807, 2.05) is 0 Å². The van der Waals surface area contributed by atoms with E-state index in [2.05, 4.69) is 54.6 Å². The minimum absolute atomic E-state index is 0.546. The minimum Gasteiger partial charge on any atom is -0.349 e. The van der Waals surface area contributed by atoms with E-state index in [4.69, 9.17) is 0 Å². The number of rotatable bonds is 1. The van der Waals surface area contributed by atoms with Crippen LogP contribution >= 0.6 is 0 Å². The Kier molecular flexibility index (Phi) is 1.50. The predicted octanol–water partition coefficient (Wildman–Crippen LogP) is 2.56. The van der Waals surface area contributed by atoms with Gasteiger partial charge in [-0.05, 0) is 26.0 Å². The Morgan fingerprint density at radius 2 is 1.75 bits per heavy atom. The average molecular weight is 162 g/mol. The van der Waals surface area contributed by atoms with Crippen molar-refractivity contribution in [2.24, 2.45) is 7.05 Å². The van der Waals surface area contributed by atoms with Gasteiger partial charge in [-0.2, -0.15) is 0 Å². The molecule has 2 rings (SSSR count). The van der Waals surface area contributed by atoms with Crippen LogP contribution in [0.2, 0.25) is 0 Å². The van der Waals surface area contributed by atoms with E-state index in [-0.39, 0.29) is 0 Å². The first-order valence-electron chi connectivity index (χ1n) is 4.32. The second kappa shape index (κ2) is 2.41. The summed E-state index contributed by atoms with van der Waals surface area (Å²) in [7, 11) is 2.08. The monoisotopic (exact) mass is 162 g/mol. The molecule has 0 aliphatic rings. The molecule has 0 unspecified atom stereocenters. The highest BCUT2D eigenvalue weighted by Gasteiger charge is 2.05. The van der Waals surface area contributed by atoms with E-state index in [1.54, 1.807) is 0 Å². The van der Waals surface area contributed by atoms with Gasteiger partial charge in [-0.3, -0.25) is 0 Å². The molecule has 0 radical (unpaired) electrons. The number of aromatic nitrogens is 2. The van der Waals surface area contributed by atoms with Crippen molar-refractivity contribution in [3.8, 4) is 0 Å². The number of aryl methyl sites for hydroxylation is 1. The molecule has 0 N–H and O–H groups in total. The van der Waals surface area contributed by atoms with Crippen LogP contribution in [-0.4, -0.2) is 9.13 Å². The number of hydrogen-bond acceptors (Lipinski definition) is 0. The third-order valence-corrected chi connectivity index (χ3v) is 2.33. The van der Waals surface area contributed by atoms with E-state index in [1.165, 1.54) is 11.0 Å². The van der Waals surface area contributed by atoms with Gasteiger partial charge in [-0.1, -0.05) is 0 Å². The zero-order valence-corrected chi connectivity index (χ0v) is 7.78. The van der Waals surface area contributed by atoms with Crippen LogP contribution in [0.15, 0.2) is 24.5 Å². The molecule has 0 bridgehead atoms. The fraction of sp³-hybridized carbons (Fsp3) is 0.400. The van der Waals surface area contributed by atoms with Crippen molar-refractivity contribution >= 4 is 11.0 Å². The normalized spacial score (nSPS) is 11.7. The summed E-state index contributed by atoms with van der Waals surface area (Å²) in [4.78, 5) is 0. The van der Waals surface area contributed by atoms with Gasteiger partial charge in [0.05, 0.1) is 11.0 Å². The van der Waals surface area contributed by atoms with Gasteiger partial charge >= 0.3 is 0 Å². The maximum absolute atomic E-state index is 2.29. The molecule has 2 heteroatoms. The van der Waals surface area contributed by atoms with E-state index < -0.39 is 0 Å². The first-order valence-corrected chi connectivity index (χ1v) is 4.32. The predicted molar refractivity (Wildman–Crippen MR) is 51.3 cm³/mol. The van der Waals surface area contributed by atoms with Crippen molar-refractivity contribution in [3.63, 3.8) is 0 Å². The lowest BCUT2D eigenvalue weighted by atomic mass is 10.4. The van der Waals surface area contributed by atoms with E-state index >= 15 is 0 Å². The highest BCUT2D eigenvalue weighted by atomic mass is 15.0. The summed E-state index contributed by atoms with van der Waals surface area (Å²) >= 11 is 0. The lowest BCUT2D eigenvalue weighted by Crippen LogP contribution is -1.96. The van der Waals surface area contributed by atoms with E-state index in [0.717, 1.165) is 0 Å². The van der Waals surface area contributed by atoms with Crippen LogP contribution < -0.4 is 0 Å². The van der Waals surface area contributed by atoms with Gasteiger partial charge in [0.25, 0.3) is 0 Å². The average Bonchev–Trinajstić information content (AvgIpc) is 2.53. The Labute approximate surface area is 72.4 Å². The largest absolute Gasteiger partial charge is 0.349 e. The summed E-state index contributed by atoms with van der Waals surface area (Å²) in [6.45, 7) is 4.40. The summed E-state index contributed by atoms with van der Waals surface area (Å²) in [6.07, 6.45) is 4.25. The van der Waals surface area contributed by atoms with Crippen LogP contribution in [0.4, 0.5) is 0 Å². The Bertz CT molecular complexity index is 393. The molecule has 0 aliphatic heterocycles. The molecule has 0 atom stereocenters. The maximum atomic E-state index is 2.29. The van der Waals surface area contributed by atoms with Crippen molar-refractivity contribution in [2.45, 2.75) is 19.9 Å². The Balaban J connectivity index is 2.71. The van der Waals surface area contributed by atoms with Crippen molar-refractivity contribution in [3.05, 3.63) is 24.5 Å². The zero-order chi connectivity index (χ0) is 8.72. The van der Waals surface area contributed by atoms with Gasteiger partial charge in [-0.25, -0.2) is 0 Å². The quantitative estimate of drug-likeness (QED) is 0.610. The van der Waals surface area contributed by atoms with Gasteiger partial charge in [-0.15, -0.1) is 0 Å². The molecule has 0 aliphatic carbocycles. The van der Waals surface area contributed by atoms with Gasteiger partial charge < -0.3 is 9.13 Å². The van der Waals surface area contributed by atoms with E-state index in [0.29, 0.717) is 6.04 Å². The lowest BCUT2D eigenvalue weighted by molar-refractivity contribution is 0.623. The smallest absolute Gasteiger partial charge is 0.0664 e.